The second kappa shape index (κ2) is 6.48. The molecule has 3 heterocycles. The SMILES string of the molecule is Cn1cc(N2CCN(C(=O)CCC3CCNC3)CC2=O)cn1. The van der Waals surface area contributed by atoms with Crippen LogP contribution in [-0.4, -0.2) is 59.2 Å². The second-order valence-corrected chi connectivity index (χ2v) is 6.13. The second-order valence-electron chi connectivity index (χ2n) is 6.13. The number of carbonyl (C=O) groups is 2. The molecule has 22 heavy (non-hydrogen) atoms. The topological polar surface area (TPSA) is 70.5 Å². The van der Waals surface area contributed by atoms with Gasteiger partial charge in [0.25, 0.3) is 0 Å². The maximum Gasteiger partial charge on any atom is 0.246 e. The molecule has 0 radical (unpaired) electrons. The molecule has 2 amide bonds. The summed E-state index contributed by atoms with van der Waals surface area (Å²) in [4.78, 5) is 27.9. The average Bonchev–Trinajstić information content (AvgIpc) is 3.16. The van der Waals surface area contributed by atoms with Crippen molar-refractivity contribution in [3.05, 3.63) is 12.4 Å². The summed E-state index contributed by atoms with van der Waals surface area (Å²) in [7, 11) is 1.83. The number of rotatable bonds is 4. The van der Waals surface area contributed by atoms with Crippen LogP contribution in [0.2, 0.25) is 0 Å². The molecule has 7 heteroatoms. The zero-order valence-electron chi connectivity index (χ0n) is 13.0. The summed E-state index contributed by atoms with van der Waals surface area (Å²) < 4.78 is 1.68. The van der Waals surface area contributed by atoms with E-state index < -0.39 is 0 Å². The molecule has 1 atom stereocenters. The molecule has 2 saturated heterocycles. The monoisotopic (exact) mass is 305 g/mol. The lowest BCUT2D eigenvalue weighted by molar-refractivity contribution is -0.137. The zero-order chi connectivity index (χ0) is 15.5. The fraction of sp³-hybridized carbons (Fsp3) is 0.667. The Bertz CT molecular complexity index is 550. The lowest BCUT2D eigenvalue weighted by Crippen LogP contribution is -2.52. The number of hydrogen-bond acceptors (Lipinski definition) is 4. The Labute approximate surface area is 130 Å². The number of aromatic nitrogens is 2. The molecule has 120 valence electrons. The first-order chi connectivity index (χ1) is 10.6. The molecule has 0 bridgehead atoms. The van der Waals surface area contributed by atoms with Gasteiger partial charge >= 0.3 is 0 Å². The summed E-state index contributed by atoms with van der Waals surface area (Å²) in [5.41, 5.74) is 0.802. The number of nitrogens with zero attached hydrogens (tertiary/aromatic N) is 4. The van der Waals surface area contributed by atoms with E-state index in [1.54, 1.807) is 20.7 Å². The van der Waals surface area contributed by atoms with Crippen LogP contribution in [0.1, 0.15) is 19.3 Å². The maximum absolute atomic E-state index is 12.3. The smallest absolute Gasteiger partial charge is 0.246 e. The average molecular weight is 305 g/mol. The molecule has 0 aliphatic carbocycles. The van der Waals surface area contributed by atoms with Gasteiger partial charge in [-0.1, -0.05) is 0 Å². The predicted octanol–water partition coefficient (Wildman–Crippen LogP) is -0.0150. The van der Waals surface area contributed by atoms with Crippen LogP contribution < -0.4 is 10.2 Å². The van der Waals surface area contributed by atoms with Crippen molar-refractivity contribution in [2.75, 3.05) is 37.6 Å². The zero-order valence-corrected chi connectivity index (χ0v) is 13.0. The molecule has 7 nitrogen and oxygen atoms in total. The number of nitrogens with one attached hydrogen (secondary N) is 1. The van der Waals surface area contributed by atoms with E-state index in [0.29, 0.717) is 25.4 Å². The maximum atomic E-state index is 12.3. The van der Waals surface area contributed by atoms with Gasteiger partial charge in [-0.15, -0.1) is 0 Å². The number of hydrogen-bond donors (Lipinski definition) is 1. The fourth-order valence-corrected chi connectivity index (χ4v) is 3.15. The first-order valence-electron chi connectivity index (χ1n) is 7.91. The molecule has 1 N–H and O–H groups in total. The van der Waals surface area contributed by atoms with Crippen molar-refractivity contribution >= 4 is 17.5 Å². The molecular weight excluding hydrogens is 282 g/mol. The van der Waals surface area contributed by atoms with Crippen LogP contribution in [0.4, 0.5) is 5.69 Å². The van der Waals surface area contributed by atoms with Gasteiger partial charge in [-0.2, -0.15) is 5.10 Å². The highest BCUT2D eigenvalue weighted by molar-refractivity contribution is 5.97. The predicted molar refractivity (Wildman–Crippen MR) is 82.4 cm³/mol. The third kappa shape index (κ3) is 3.30. The molecule has 0 aromatic carbocycles. The van der Waals surface area contributed by atoms with Crippen molar-refractivity contribution in [1.29, 1.82) is 0 Å². The van der Waals surface area contributed by atoms with Gasteiger partial charge in [-0.05, 0) is 31.8 Å². The Kier molecular flexibility index (Phi) is 4.42. The summed E-state index contributed by atoms with van der Waals surface area (Å²) in [6.07, 6.45) is 6.13. The Hall–Kier alpha value is -1.89. The third-order valence-corrected chi connectivity index (χ3v) is 4.51. The van der Waals surface area contributed by atoms with E-state index in [-0.39, 0.29) is 18.4 Å². The Morgan fingerprint density at radius 3 is 2.95 bits per heavy atom. The molecule has 1 unspecified atom stereocenters. The number of amides is 2. The minimum absolute atomic E-state index is 0.0323. The number of carbonyl (C=O) groups excluding carboxylic acids is 2. The summed E-state index contributed by atoms with van der Waals surface area (Å²) in [6, 6.07) is 0. The largest absolute Gasteiger partial charge is 0.332 e. The summed E-state index contributed by atoms with van der Waals surface area (Å²) >= 11 is 0. The highest BCUT2D eigenvalue weighted by Gasteiger charge is 2.28. The van der Waals surface area contributed by atoms with Crippen molar-refractivity contribution in [1.82, 2.24) is 20.0 Å². The molecule has 2 aliphatic heterocycles. The van der Waals surface area contributed by atoms with Crippen LogP contribution >= 0.6 is 0 Å². The summed E-state index contributed by atoms with van der Waals surface area (Å²) in [6.45, 7) is 3.39. The molecule has 3 rings (SSSR count). The quantitative estimate of drug-likeness (QED) is 0.849. The van der Waals surface area contributed by atoms with Crippen molar-refractivity contribution in [3.8, 4) is 0 Å². The van der Waals surface area contributed by atoms with Crippen LogP contribution in [0.25, 0.3) is 0 Å². The molecule has 2 fully saturated rings. The molecule has 2 aliphatic rings. The summed E-state index contributed by atoms with van der Waals surface area (Å²) in [5, 5.41) is 7.41. The van der Waals surface area contributed by atoms with E-state index in [2.05, 4.69) is 10.4 Å². The molecule has 1 aromatic heterocycles. The van der Waals surface area contributed by atoms with Crippen molar-refractivity contribution in [2.45, 2.75) is 19.3 Å². The highest BCUT2D eigenvalue weighted by atomic mass is 16.2. The van der Waals surface area contributed by atoms with Gasteiger partial charge in [-0.25, -0.2) is 0 Å². The first-order valence-corrected chi connectivity index (χ1v) is 7.91. The third-order valence-electron chi connectivity index (χ3n) is 4.51. The van der Waals surface area contributed by atoms with E-state index in [0.717, 1.165) is 31.6 Å². The Morgan fingerprint density at radius 1 is 1.45 bits per heavy atom. The van der Waals surface area contributed by atoms with E-state index in [9.17, 15) is 9.59 Å². The van der Waals surface area contributed by atoms with Crippen LogP contribution in [0.3, 0.4) is 0 Å². The normalized spacial score (nSPS) is 22.4. The van der Waals surface area contributed by atoms with Crippen molar-refractivity contribution in [3.63, 3.8) is 0 Å². The van der Waals surface area contributed by atoms with E-state index >= 15 is 0 Å². The lowest BCUT2D eigenvalue weighted by Gasteiger charge is -2.33. The fourth-order valence-electron chi connectivity index (χ4n) is 3.15. The molecule has 1 aromatic rings. The number of anilines is 1. The van der Waals surface area contributed by atoms with Gasteiger partial charge in [0, 0.05) is 32.8 Å². The number of aryl methyl sites for hydroxylation is 1. The number of piperazine rings is 1. The van der Waals surface area contributed by atoms with E-state index in [1.807, 2.05) is 13.2 Å². The molecule has 0 saturated carbocycles. The van der Waals surface area contributed by atoms with Crippen LogP contribution in [0.15, 0.2) is 12.4 Å². The van der Waals surface area contributed by atoms with Gasteiger partial charge in [0.15, 0.2) is 0 Å². The van der Waals surface area contributed by atoms with Crippen molar-refractivity contribution < 1.29 is 9.59 Å². The highest BCUT2D eigenvalue weighted by Crippen LogP contribution is 2.18. The van der Waals surface area contributed by atoms with E-state index in [4.69, 9.17) is 0 Å². The molecule has 0 spiro atoms. The van der Waals surface area contributed by atoms with Gasteiger partial charge in [0.2, 0.25) is 11.8 Å². The van der Waals surface area contributed by atoms with Gasteiger partial charge in [0.1, 0.15) is 6.54 Å². The van der Waals surface area contributed by atoms with Crippen molar-refractivity contribution in [2.24, 2.45) is 13.0 Å². The molecular formula is C15H23N5O2. The van der Waals surface area contributed by atoms with Crippen LogP contribution in [0, 0.1) is 5.92 Å². The minimum Gasteiger partial charge on any atom is -0.332 e. The standard InChI is InChI=1S/C15H23N5O2/c1-18-10-13(9-17-18)20-7-6-19(11-15(20)22)14(21)3-2-12-4-5-16-8-12/h9-10,12,16H,2-8,11H2,1H3. The Balaban J connectivity index is 1.50. The first kappa shape index (κ1) is 15.0. The van der Waals surface area contributed by atoms with E-state index in [1.165, 1.54) is 0 Å². The van der Waals surface area contributed by atoms with Crippen LogP contribution in [0.5, 0.6) is 0 Å². The Morgan fingerprint density at radius 2 is 2.32 bits per heavy atom. The van der Waals surface area contributed by atoms with Crippen LogP contribution in [-0.2, 0) is 16.6 Å². The lowest BCUT2D eigenvalue weighted by atomic mass is 10.0. The summed E-state index contributed by atoms with van der Waals surface area (Å²) in [5.74, 6) is 0.678. The van der Waals surface area contributed by atoms with Gasteiger partial charge in [0.05, 0.1) is 11.9 Å². The van der Waals surface area contributed by atoms with Gasteiger partial charge < -0.3 is 15.1 Å². The minimum atomic E-state index is -0.0323. The van der Waals surface area contributed by atoms with Gasteiger partial charge in [-0.3, -0.25) is 14.3 Å².